The van der Waals surface area contributed by atoms with Crippen molar-refractivity contribution in [3.8, 4) is 0 Å². The second kappa shape index (κ2) is 10.1. The third-order valence-corrected chi connectivity index (χ3v) is 3.94. The molecular weight excluding hydrogens is 296 g/mol. The summed E-state index contributed by atoms with van der Waals surface area (Å²) in [5.41, 5.74) is 5.32. The predicted octanol–water partition coefficient (Wildman–Crippen LogP) is 1.57. The van der Waals surface area contributed by atoms with E-state index in [0.717, 1.165) is 38.8 Å². The Morgan fingerprint density at radius 3 is 2.22 bits per heavy atom. The highest BCUT2D eigenvalue weighted by atomic mass is 16.2. The monoisotopic (exact) mass is 330 g/mol. The molecule has 0 aromatic heterocycles. The molecule has 2 rings (SSSR count). The molecule has 136 valence electrons. The highest BCUT2D eigenvalue weighted by Crippen LogP contribution is 2.16. The predicted molar refractivity (Wildman–Crippen MR) is 92.9 cm³/mol. The molecule has 2 fully saturated rings. The number of hydrogen-bond donors (Lipinski definition) is 2. The second-order valence-corrected chi connectivity index (χ2v) is 6.06. The van der Waals surface area contributed by atoms with Crippen LogP contribution in [0, 0.1) is 0 Å². The van der Waals surface area contributed by atoms with Gasteiger partial charge in [-0.2, -0.15) is 0 Å². The van der Waals surface area contributed by atoms with Crippen LogP contribution in [0.1, 0.15) is 55.2 Å². The van der Waals surface area contributed by atoms with Crippen LogP contribution in [0.2, 0.25) is 0 Å². The zero-order chi connectivity index (χ0) is 17.2. The molecule has 23 heavy (non-hydrogen) atoms. The molecule has 1 atom stereocenters. The van der Waals surface area contributed by atoms with E-state index in [-0.39, 0.29) is 21.3 Å². The van der Waals surface area contributed by atoms with Crippen LogP contribution in [0.25, 0.3) is 0 Å². The van der Waals surface area contributed by atoms with E-state index in [4.69, 9.17) is 5.73 Å². The quantitative estimate of drug-likeness (QED) is 0.822. The summed E-state index contributed by atoms with van der Waals surface area (Å²) in [4.78, 5) is 38.5. The molecule has 0 radical (unpaired) electrons. The molecule has 7 nitrogen and oxygen atoms in total. The summed E-state index contributed by atoms with van der Waals surface area (Å²) >= 11 is 0. The highest BCUT2D eigenvalue weighted by molar-refractivity contribution is 5.89. The van der Waals surface area contributed by atoms with Crippen molar-refractivity contribution in [1.29, 1.82) is 0 Å². The highest BCUT2D eigenvalue weighted by Gasteiger charge is 2.30. The van der Waals surface area contributed by atoms with E-state index in [1.165, 1.54) is 11.3 Å². The number of carbonyl (C=O) groups excluding carboxylic acids is 3. The number of amides is 4. The maximum atomic E-state index is 12.1. The molecule has 0 unspecified atom stereocenters. The van der Waals surface area contributed by atoms with Crippen molar-refractivity contribution >= 4 is 17.8 Å². The molecule has 0 aromatic carbocycles. The number of rotatable bonds is 3. The van der Waals surface area contributed by atoms with Crippen molar-refractivity contribution in [2.45, 2.75) is 58.4 Å². The molecule has 2 aliphatic heterocycles. The van der Waals surface area contributed by atoms with Gasteiger partial charge in [0.25, 0.3) is 0 Å². The Morgan fingerprint density at radius 2 is 1.65 bits per heavy atom. The molecule has 0 saturated carbocycles. The molecule has 3 N–H and O–H groups in total. The number of hydrogen-bond acceptors (Lipinski definition) is 3. The first-order valence-corrected chi connectivity index (χ1v) is 8.62. The Balaban J connectivity index is 0. The minimum Gasteiger partial charge on any atom is -0.368 e. The van der Waals surface area contributed by atoms with Crippen molar-refractivity contribution in [3.63, 3.8) is 0 Å². The first-order valence-electron chi connectivity index (χ1n) is 8.62. The lowest BCUT2D eigenvalue weighted by molar-refractivity contribution is -0.140. The van der Waals surface area contributed by atoms with Crippen molar-refractivity contribution in [2.75, 3.05) is 26.2 Å². The van der Waals surface area contributed by atoms with Gasteiger partial charge >= 0.3 is 6.03 Å². The van der Waals surface area contributed by atoms with Gasteiger partial charge in [-0.25, -0.2) is 4.79 Å². The lowest BCUT2D eigenvalue weighted by Crippen LogP contribution is -2.53. The Kier molecular flexibility index (Phi) is 8.43. The maximum absolute atomic E-state index is 12.1. The van der Waals surface area contributed by atoms with Crippen LogP contribution >= 0.6 is 0 Å². The van der Waals surface area contributed by atoms with Gasteiger partial charge in [0, 0.05) is 22.5 Å². The lowest BCUT2D eigenvalue weighted by Gasteiger charge is -2.33. The molecule has 0 aromatic rings. The van der Waals surface area contributed by atoms with Crippen LogP contribution in [-0.2, 0) is 9.59 Å². The summed E-state index contributed by atoms with van der Waals surface area (Å²) in [5.74, 6) is -0.704. The van der Waals surface area contributed by atoms with E-state index in [1.807, 2.05) is 0 Å². The van der Waals surface area contributed by atoms with Crippen molar-refractivity contribution in [1.82, 2.24) is 15.1 Å². The van der Waals surface area contributed by atoms with Crippen LogP contribution in [0.4, 0.5) is 4.79 Å². The Labute approximate surface area is 141 Å². The molecule has 2 saturated heterocycles. The first kappa shape index (κ1) is 19.3. The standard InChI is InChI=1S/C13H22N4O3.C3H8.2H2/c14-12(19)10-5-1-2-8-17(10)11(18)9-15-13(20)16-6-3-4-7-16;1-3-2;;/h10H,1-9H2,(H2,14,19)(H,15,20);3H2,1-2H3;2*1H/t10-;;;/m0.../s1. The summed E-state index contributed by atoms with van der Waals surface area (Å²) < 4.78 is 0. The van der Waals surface area contributed by atoms with Crippen molar-refractivity contribution < 1.29 is 17.2 Å². The normalized spacial score (nSPS) is 20.5. The number of nitrogens with one attached hydrogen (secondary N) is 1. The molecule has 7 heteroatoms. The largest absolute Gasteiger partial charge is 0.368 e. The minimum absolute atomic E-state index is 0. The van der Waals surface area contributed by atoms with Gasteiger partial charge in [-0.15, -0.1) is 0 Å². The average Bonchev–Trinajstić information content (AvgIpc) is 3.07. The zero-order valence-electron chi connectivity index (χ0n) is 14.3. The van der Waals surface area contributed by atoms with Crippen LogP contribution in [0.3, 0.4) is 0 Å². The minimum atomic E-state index is -0.528. The van der Waals surface area contributed by atoms with Crippen LogP contribution in [0.5, 0.6) is 0 Å². The number of carbonyl (C=O) groups is 3. The summed E-state index contributed by atoms with van der Waals surface area (Å²) in [7, 11) is 0. The van der Waals surface area contributed by atoms with Gasteiger partial charge < -0.3 is 20.9 Å². The van der Waals surface area contributed by atoms with E-state index in [2.05, 4.69) is 19.2 Å². The fourth-order valence-electron chi connectivity index (χ4n) is 2.81. The molecule has 0 bridgehead atoms. The Hall–Kier alpha value is -1.79. The van der Waals surface area contributed by atoms with Crippen molar-refractivity contribution in [3.05, 3.63) is 0 Å². The van der Waals surface area contributed by atoms with Gasteiger partial charge in [0.05, 0.1) is 6.54 Å². The maximum Gasteiger partial charge on any atom is 0.317 e. The molecule has 0 aliphatic carbocycles. The zero-order valence-corrected chi connectivity index (χ0v) is 14.3. The van der Waals surface area contributed by atoms with Gasteiger partial charge in [-0.1, -0.05) is 20.3 Å². The SMILES string of the molecule is CCC.NC(=O)[C@@H]1CCCCN1C(=O)CNC(=O)N1CCCC1.[HH].[HH]. The third kappa shape index (κ3) is 6.08. The van der Waals surface area contributed by atoms with E-state index in [9.17, 15) is 14.4 Å². The van der Waals surface area contributed by atoms with E-state index >= 15 is 0 Å². The van der Waals surface area contributed by atoms with Gasteiger partial charge in [-0.3, -0.25) is 9.59 Å². The smallest absolute Gasteiger partial charge is 0.317 e. The van der Waals surface area contributed by atoms with Crippen LogP contribution in [-0.4, -0.2) is 59.9 Å². The van der Waals surface area contributed by atoms with Gasteiger partial charge in [-0.05, 0) is 32.1 Å². The number of nitrogens with zero attached hydrogens (tertiary/aromatic N) is 2. The van der Waals surface area contributed by atoms with Gasteiger partial charge in [0.2, 0.25) is 11.8 Å². The fraction of sp³-hybridized carbons (Fsp3) is 0.812. The fourth-order valence-corrected chi connectivity index (χ4v) is 2.81. The van der Waals surface area contributed by atoms with Crippen LogP contribution in [0.15, 0.2) is 0 Å². The molecular formula is C16H34N4O3. The first-order chi connectivity index (χ1) is 11.0. The van der Waals surface area contributed by atoms with E-state index in [1.54, 1.807) is 4.90 Å². The second-order valence-electron chi connectivity index (χ2n) is 6.06. The molecule has 4 amide bonds. The Bertz CT molecular complexity index is 418. The Morgan fingerprint density at radius 1 is 1.09 bits per heavy atom. The van der Waals surface area contributed by atoms with E-state index < -0.39 is 11.9 Å². The van der Waals surface area contributed by atoms with Crippen molar-refractivity contribution in [2.24, 2.45) is 5.73 Å². The van der Waals surface area contributed by atoms with Crippen LogP contribution < -0.4 is 11.1 Å². The summed E-state index contributed by atoms with van der Waals surface area (Å²) in [6, 6.07) is -0.733. The third-order valence-electron chi connectivity index (χ3n) is 3.94. The number of primary amides is 1. The average molecular weight is 330 g/mol. The summed E-state index contributed by atoms with van der Waals surface area (Å²) in [6.45, 7) is 6.20. The van der Waals surface area contributed by atoms with Gasteiger partial charge in [0.1, 0.15) is 6.04 Å². The molecule has 2 aliphatic rings. The van der Waals surface area contributed by atoms with Gasteiger partial charge in [0.15, 0.2) is 0 Å². The number of likely N-dealkylation sites (tertiary alicyclic amines) is 2. The topological polar surface area (TPSA) is 95.7 Å². The number of piperidine rings is 1. The summed E-state index contributed by atoms with van der Waals surface area (Å²) in [6.07, 6.45) is 5.66. The summed E-state index contributed by atoms with van der Waals surface area (Å²) in [5, 5.41) is 2.62. The number of urea groups is 1. The van der Waals surface area contributed by atoms with E-state index in [0.29, 0.717) is 13.0 Å². The number of nitrogens with two attached hydrogens (primary N) is 1. The molecule has 0 spiro atoms. The molecule has 2 heterocycles. The lowest BCUT2D eigenvalue weighted by atomic mass is 10.0.